The molecule has 120 valence electrons. The summed E-state index contributed by atoms with van der Waals surface area (Å²) < 4.78 is 5.05. The molecule has 0 aromatic heterocycles. The number of carbonyl (C=O) groups is 2. The van der Waals surface area contributed by atoms with Gasteiger partial charge in [-0.05, 0) is 39.0 Å². The average Bonchev–Trinajstić information content (AvgIpc) is 2.63. The molecule has 2 fully saturated rings. The lowest BCUT2D eigenvalue weighted by atomic mass is 9.78. The summed E-state index contributed by atoms with van der Waals surface area (Å²) in [7, 11) is 0. The van der Waals surface area contributed by atoms with E-state index >= 15 is 0 Å². The smallest absolute Gasteiger partial charge is 0.308 e. The van der Waals surface area contributed by atoms with Gasteiger partial charge in [0, 0.05) is 19.6 Å². The number of hydrogen-bond acceptors (Lipinski definition) is 5. The molecule has 21 heavy (non-hydrogen) atoms. The van der Waals surface area contributed by atoms with Crippen molar-refractivity contribution in [1.29, 1.82) is 0 Å². The first-order chi connectivity index (χ1) is 10.0. The van der Waals surface area contributed by atoms with Gasteiger partial charge in [0.25, 0.3) is 0 Å². The van der Waals surface area contributed by atoms with Gasteiger partial charge in [-0.3, -0.25) is 14.5 Å². The summed E-state index contributed by atoms with van der Waals surface area (Å²) in [5.41, 5.74) is -0.784. The van der Waals surface area contributed by atoms with Crippen LogP contribution in [-0.2, 0) is 14.3 Å². The Morgan fingerprint density at radius 2 is 2.19 bits per heavy atom. The molecule has 1 saturated heterocycles. The first-order valence-corrected chi connectivity index (χ1v) is 7.90. The molecule has 1 aliphatic carbocycles. The number of hydrogen-bond donors (Lipinski definition) is 2. The molecule has 1 amide bonds. The van der Waals surface area contributed by atoms with E-state index in [1.807, 2.05) is 4.90 Å². The minimum atomic E-state index is -0.784. The summed E-state index contributed by atoms with van der Waals surface area (Å²) in [4.78, 5) is 25.3. The highest BCUT2D eigenvalue weighted by Gasteiger charge is 2.37. The van der Waals surface area contributed by atoms with Gasteiger partial charge >= 0.3 is 5.97 Å². The number of rotatable bonds is 4. The Morgan fingerprint density at radius 3 is 2.86 bits per heavy atom. The highest BCUT2D eigenvalue weighted by atomic mass is 16.5. The molecule has 2 rings (SSSR count). The van der Waals surface area contributed by atoms with Gasteiger partial charge in [0.15, 0.2) is 0 Å². The Balaban J connectivity index is 1.84. The van der Waals surface area contributed by atoms with E-state index in [4.69, 9.17) is 4.74 Å². The van der Waals surface area contributed by atoms with E-state index in [1.54, 1.807) is 6.92 Å². The van der Waals surface area contributed by atoms with Crippen LogP contribution in [0, 0.1) is 5.92 Å². The minimum Gasteiger partial charge on any atom is -0.466 e. The van der Waals surface area contributed by atoms with Crippen molar-refractivity contribution in [2.75, 3.05) is 32.8 Å². The number of amides is 1. The topological polar surface area (TPSA) is 78.9 Å². The average molecular weight is 298 g/mol. The van der Waals surface area contributed by atoms with Crippen molar-refractivity contribution in [2.24, 2.45) is 5.92 Å². The van der Waals surface area contributed by atoms with E-state index in [9.17, 15) is 14.7 Å². The third-order valence-electron chi connectivity index (χ3n) is 4.39. The first kappa shape index (κ1) is 16.2. The fraction of sp³-hybridized carbons (Fsp3) is 0.867. The van der Waals surface area contributed by atoms with Crippen LogP contribution in [0.25, 0.3) is 0 Å². The zero-order valence-corrected chi connectivity index (χ0v) is 12.8. The van der Waals surface area contributed by atoms with Gasteiger partial charge in [-0.1, -0.05) is 0 Å². The third kappa shape index (κ3) is 4.68. The van der Waals surface area contributed by atoms with Gasteiger partial charge in [0.2, 0.25) is 5.91 Å². The number of esters is 1. The molecule has 2 aliphatic rings. The Hall–Kier alpha value is -1.14. The Bertz CT molecular complexity index is 378. The van der Waals surface area contributed by atoms with Crippen LogP contribution in [0.5, 0.6) is 0 Å². The number of nitrogens with one attached hydrogen (secondary N) is 1. The van der Waals surface area contributed by atoms with Crippen LogP contribution in [0.4, 0.5) is 0 Å². The molecule has 1 heterocycles. The van der Waals surface area contributed by atoms with Crippen molar-refractivity contribution >= 4 is 11.9 Å². The van der Waals surface area contributed by atoms with Crippen LogP contribution >= 0.6 is 0 Å². The fourth-order valence-corrected chi connectivity index (χ4v) is 3.23. The Morgan fingerprint density at radius 1 is 1.48 bits per heavy atom. The van der Waals surface area contributed by atoms with Crippen molar-refractivity contribution in [1.82, 2.24) is 10.2 Å². The number of aliphatic hydroxyl groups is 1. The van der Waals surface area contributed by atoms with E-state index in [1.165, 1.54) is 0 Å². The highest BCUT2D eigenvalue weighted by molar-refractivity contribution is 5.78. The monoisotopic (exact) mass is 298 g/mol. The van der Waals surface area contributed by atoms with Crippen LogP contribution in [0.1, 0.15) is 39.0 Å². The molecular formula is C15H26N2O4. The molecule has 0 aromatic carbocycles. The maximum Gasteiger partial charge on any atom is 0.308 e. The maximum atomic E-state index is 11.7. The van der Waals surface area contributed by atoms with Crippen molar-refractivity contribution in [2.45, 2.75) is 44.6 Å². The molecule has 0 radical (unpaired) electrons. The van der Waals surface area contributed by atoms with Crippen molar-refractivity contribution < 1.29 is 19.4 Å². The maximum absolute atomic E-state index is 11.7. The molecule has 0 aromatic rings. The van der Waals surface area contributed by atoms with Gasteiger partial charge < -0.3 is 15.2 Å². The lowest BCUT2D eigenvalue weighted by Gasteiger charge is -2.38. The molecular weight excluding hydrogens is 272 g/mol. The van der Waals surface area contributed by atoms with E-state index in [0.29, 0.717) is 51.9 Å². The lowest BCUT2D eigenvalue weighted by molar-refractivity contribution is -0.151. The number of ether oxygens (including phenoxy) is 1. The van der Waals surface area contributed by atoms with Gasteiger partial charge in [-0.2, -0.15) is 0 Å². The van der Waals surface area contributed by atoms with E-state index in [-0.39, 0.29) is 17.8 Å². The summed E-state index contributed by atoms with van der Waals surface area (Å²) in [6, 6.07) is 0. The predicted octanol–water partition coefficient (Wildman–Crippen LogP) is 0.293. The van der Waals surface area contributed by atoms with Crippen molar-refractivity contribution in [3.05, 3.63) is 0 Å². The second kappa shape index (κ2) is 7.22. The largest absolute Gasteiger partial charge is 0.466 e. The zero-order valence-electron chi connectivity index (χ0n) is 12.8. The van der Waals surface area contributed by atoms with E-state index in [0.717, 1.165) is 13.0 Å². The van der Waals surface area contributed by atoms with Crippen molar-refractivity contribution in [3.8, 4) is 0 Å². The lowest BCUT2D eigenvalue weighted by Crippen LogP contribution is -2.48. The molecule has 0 unspecified atom stereocenters. The summed E-state index contributed by atoms with van der Waals surface area (Å²) >= 11 is 0. The van der Waals surface area contributed by atoms with Crippen molar-refractivity contribution in [3.63, 3.8) is 0 Å². The predicted molar refractivity (Wildman–Crippen MR) is 77.6 cm³/mol. The van der Waals surface area contributed by atoms with Crippen LogP contribution in [-0.4, -0.2) is 60.3 Å². The number of nitrogens with zero attached hydrogens (tertiary/aromatic N) is 1. The van der Waals surface area contributed by atoms with Gasteiger partial charge in [-0.15, -0.1) is 0 Å². The summed E-state index contributed by atoms with van der Waals surface area (Å²) in [6.45, 7) is 4.60. The molecule has 1 saturated carbocycles. The van der Waals surface area contributed by atoms with Crippen LogP contribution in [0.2, 0.25) is 0 Å². The van der Waals surface area contributed by atoms with Gasteiger partial charge in [0.05, 0.1) is 24.7 Å². The number of β-amino-alcohol motifs (C(OH)–C–C–N with tert-alkyl or cyclic N) is 1. The Labute approximate surface area is 125 Å². The zero-order chi connectivity index (χ0) is 15.3. The minimum absolute atomic E-state index is 0.0244. The molecule has 6 nitrogen and oxygen atoms in total. The normalized spacial score (nSPS) is 31.3. The highest BCUT2D eigenvalue weighted by Crippen LogP contribution is 2.33. The quantitative estimate of drug-likeness (QED) is 0.730. The fourth-order valence-electron chi connectivity index (χ4n) is 3.23. The van der Waals surface area contributed by atoms with E-state index < -0.39 is 5.60 Å². The number of carbonyl (C=O) groups excluding carboxylic acids is 2. The first-order valence-electron chi connectivity index (χ1n) is 7.90. The third-order valence-corrected chi connectivity index (χ3v) is 4.39. The summed E-state index contributed by atoms with van der Waals surface area (Å²) in [5.74, 6) is -0.206. The standard InChI is InChI=1S/C15H26N2O4/c1-2-21-14(19)12-4-6-15(20,7-5-12)11-17-9-3-8-16-13(18)10-17/h12,20H,2-11H2,1H3,(H,16,18). The van der Waals surface area contributed by atoms with E-state index in [2.05, 4.69) is 5.32 Å². The van der Waals surface area contributed by atoms with Gasteiger partial charge in [0.1, 0.15) is 0 Å². The molecule has 0 bridgehead atoms. The van der Waals surface area contributed by atoms with Gasteiger partial charge in [-0.25, -0.2) is 0 Å². The molecule has 0 atom stereocenters. The summed E-state index contributed by atoms with van der Waals surface area (Å²) in [5, 5.41) is 13.5. The van der Waals surface area contributed by atoms with Crippen LogP contribution < -0.4 is 5.32 Å². The molecule has 2 N–H and O–H groups in total. The summed E-state index contributed by atoms with van der Waals surface area (Å²) in [6.07, 6.45) is 3.42. The Kier molecular flexibility index (Phi) is 5.58. The molecule has 1 aliphatic heterocycles. The van der Waals surface area contributed by atoms with Crippen LogP contribution in [0.15, 0.2) is 0 Å². The SMILES string of the molecule is CCOC(=O)C1CCC(O)(CN2CCCNC(=O)C2)CC1. The second-order valence-electron chi connectivity index (χ2n) is 6.16. The van der Waals surface area contributed by atoms with Crippen LogP contribution in [0.3, 0.4) is 0 Å². The molecule has 6 heteroatoms. The second-order valence-corrected chi connectivity index (χ2v) is 6.16. The molecule has 0 spiro atoms.